The summed E-state index contributed by atoms with van der Waals surface area (Å²) in [5.41, 5.74) is 2.77. The van der Waals surface area contributed by atoms with E-state index < -0.39 is 0 Å². The van der Waals surface area contributed by atoms with Crippen molar-refractivity contribution in [3.8, 4) is 11.3 Å². The zero-order chi connectivity index (χ0) is 16.8. The zero-order valence-corrected chi connectivity index (χ0v) is 14.1. The monoisotopic (exact) mass is 332 g/mol. The maximum Gasteiger partial charge on any atom is 0.262 e. The van der Waals surface area contributed by atoms with E-state index in [9.17, 15) is 4.79 Å². The summed E-state index contributed by atoms with van der Waals surface area (Å²) < 4.78 is 1.88. The van der Waals surface area contributed by atoms with Crippen molar-refractivity contribution in [2.24, 2.45) is 0 Å². The molecule has 4 heterocycles. The van der Waals surface area contributed by atoms with Crippen LogP contribution in [0.1, 0.15) is 25.1 Å². The van der Waals surface area contributed by atoms with Crippen molar-refractivity contribution in [2.45, 2.75) is 38.4 Å². The number of aryl methyl sites for hydroxylation is 1. The fraction of sp³-hybridized carbons (Fsp3) is 0.350. The average Bonchev–Trinajstić information content (AvgIpc) is 3.03. The standard InChI is InChI=1S/C20H20N4O/c25-20-16-8-6-14(17-5-1-2-10-21-17)12-18(16)22-19-9-7-15-4-3-11-23(15)13-24(19)20/h1-2,5-6,8,10,12,15H,3-4,7,9,11,13H2. The van der Waals surface area contributed by atoms with Gasteiger partial charge in [-0.25, -0.2) is 4.98 Å². The molecule has 1 aromatic carbocycles. The summed E-state index contributed by atoms with van der Waals surface area (Å²) in [6.45, 7) is 1.77. The molecule has 2 aliphatic rings. The molecule has 1 fully saturated rings. The Morgan fingerprint density at radius 2 is 2.08 bits per heavy atom. The predicted octanol–water partition coefficient (Wildman–Crippen LogP) is 2.83. The van der Waals surface area contributed by atoms with Crippen molar-refractivity contribution in [1.82, 2.24) is 19.4 Å². The quantitative estimate of drug-likeness (QED) is 0.688. The van der Waals surface area contributed by atoms with Crippen LogP contribution >= 0.6 is 0 Å². The van der Waals surface area contributed by atoms with Gasteiger partial charge in [0.2, 0.25) is 0 Å². The number of aromatic nitrogens is 3. The molecule has 5 rings (SSSR count). The fourth-order valence-corrected chi connectivity index (χ4v) is 4.18. The molecule has 5 heteroatoms. The molecule has 0 radical (unpaired) electrons. The Kier molecular flexibility index (Phi) is 3.41. The van der Waals surface area contributed by atoms with Gasteiger partial charge in [-0.15, -0.1) is 0 Å². The van der Waals surface area contributed by atoms with Crippen molar-refractivity contribution >= 4 is 10.9 Å². The second kappa shape index (κ2) is 5.77. The summed E-state index contributed by atoms with van der Waals surface area (Å²) in [7, 11) is 0. The molecular weight excluding hydrogens is 312 g/mol. The number of benzene rings is 1. The topological polar surface area (TPSA) is 51.0 Å². The van der Waals surface area contributed by atoms with E-state index in [2.05, 4.69) is 9.88 Å². The molecule has 0 spiro atoms. The van der Waals surface area contributed by atoms with Gasteiger partial charge in [-0.2, -0.15) is 0 Å². The third-order valence-electron chi connectivity index (χ3n) is 5.52. The van der Waals surface area contributed by atoms with Gasteiger partial charge in [0.1, 0.15) is 5.82 Å². The third kappa shape index (κ3) is 2.46. The molecule has 25 heavy (non-hydrogen) atoms. The van der Waals surface area contributed by atoms with Gasteiger partial charge in [0, 0.05) is 30.8 Å². The SMILES string of the molecule is O=c1c2ccc(-c3ccccn3)cc2nc2n1CN1CCCC1CC2. The van der Waals surface area contributed by atoms with Gasteiger partial charge in [0.05, 0.1) is 23.3 Å². The van der Waals surface area contributed by atoms with Gasteiger partial charge >= 0.3 is 0 Å². The molecule has 1 atom stereocenters. The summed E-state index contributed by atoms with van der Waals surface area (Å²) >= 11 is 0. The summed E-state index contributed by atoms with van der Waals surface area (Å²) in [5, 5.41) is 0.695. The van der Waals surface area contributed by atoms with Crippen LogP contribution < -0.4 is 5.56 Å². The Balaban J connectivity index is 1.64. The van der Waals surface area contributed by atoms with E-state index in [0.717, 1.165) is 42.0 Å². The maximum absolute atomic E-state index is 13.0. The van der Waals surface area contributed by atoms with E-state index in [1.807, 2.05) is 41.0 Å². The maximum atomic E-state index is 13.0. The second-order valence-corrected chi connectivity index (χ2v) is 7.00. The molecule has 1 saturated heterocycles. The molecule has 0 amide bonds. The van der Waals surface area contributed by atoms with E-state index >= 15 is 0 Å². The summed E-state index contributed by atoms with van der Waals surface area (Å²) in [6, 6.07) is 12.3. The van der Waals surface area contributed by atoms with Crippen molar-refractivity contribution in [3.63, 3.8) is 0 Å². The first kappa shape index (κ1) is 14.8. The lowest BCUT2D eigenvalue weighted by atomic mass is 10.1. The minimum absolute atomic E-state index is 0.0834. The van der Waals surface area contributed by atoms with Crippen molar-refractivity contribution < 1.29 is 0 Å². The predicted molar refractivity (Wildman–Crippen MR) is 97.3 cm³/mol. The lowest BCUT2D eigenvalue weighted by Crippen LogP contribution is -2.34. The van der Waals surface area contributed by atoms with E-state index in [-0.39, 0.29) is 5.56 Å². The molecule has 0 saturated carbocycles. The van der Waals surface area contributed by atoms with Crippen molar-refractivity contribution in [1.29, 1.82) is 0 Å². The van der Waals surface area contributed by atoms with Crippen molar-refractivity contribution in [2.75, 3.05) is 6.54 Å². The van der Waals surface area contributed by atoms with Crippen LogP contribution in [0.5, 0.6) is 0 Å². The second-order valence-electron chi connectivity index (χ2n) is 7.00. The summed E-state index contributed by atoms with van der Waals surface area (Å²) in [4.78, 5) is 24.7. The Bertz CT molecular complexity index is 996. The molecule has 2 aliphatic heterocycles. The molecule has 5 nitrogen and oxygen atoms in total. The first-order valence-corrected chi connectivity index (χ1v) is 8.98. The highest BCUT2D eigenvalue weighted by molar-refractivity contribution is 5.83. The van der Waals surface area contributed by atoms with Gasteiger partial charge < -0.3 is 0 Å². The van der Waals surface area contributed by atoms with Crippen LogP contribution in [-0.2, 0) is 13.1 Å². The smallest absolute Gasteiger partial charge is 0.262 e. The number of fused-ring (bicyclic) bond motifs is 3. The lowest BCUT2D eigenvalue weighted by molar-refractivity contribution is 0.203. The summed E-state index contributed by atoms with van der Waals surface area (Å²) in [6.07, 6.45) is 6.24. The number of rotatable bonds is 1. The van der Waals surface area contributed by atoms with E-state index in [0.29, 0.717) is 18.1 Å². The minimum Gasteiger partial charge on any atom is -0.283 e. The molecule has 1 unspecified atom stereocenters. The van der Waals surface area contributed by atoms with E-state index in [4.69, 9.17) is 4.98 Å². The van der Waals surface area contributed by atoms with Gasteiger partial charge in [0.25, 0.3) is 5.56 Å². The van der Waals surface area contributed by atoms with E-state index in [1.165, 1.54) is 12.8 Å². The van der Waals surface area contributed by atoms with Crippen LogP contribution in [0, 0.1) is 0 Å². The Morgan fingerprint density at radius 3 is 2.96 bits per heavy atom. The van der Waals surface area contributed by atoms with Crippen LogP contribution in [0.3, 0.4) is 0 Å². The van der Waals surface area contributed by atoms with Gasteiger partial charge in [-0.05, 0) is 43.5 Å². The van der Waals surface area contributed by atoms with Gasteiger partial charge in [0.15, 0.2) is 0 Å². The highest BCUT2D eigenvalue weighted by Gasteiger charge is 2.29. The molecule has 0 N–H and O–H groups in total. The first-order chi connectivity index (χ1) is 12.3. The fourth-order valence-electron chi connectivity index (χ4n) is 4.18. The normalized spacial score (nSPS) is 20.2. The van der Waals surface area contributed by atoms with Gasteiger partial charge in [-0.3, -0.25) is 19.2 Å². The third-order valence-corrected chi connectivity index (χ3v) is 5.52. The van der Waals surface area contributed by atoms with Crippen LogP contribution in [-0.4, -0.2) is 32.0 Å². The average molecular weight is 332 g/mol. The first-order valence-electron chi connectivity index (χ1n) is 8.98. The van der Waals surface area contributed by atoms with E-state index in [1.54, 1.807) is 6.20 Å². The highest BCUT2D eigenvalue weighted by atomic mass is 16.1. The largest absolute Gasteiger partial charge is 0.283 e. The number of hydrogen-bond donors (Lipinski definition) is 0. The van der Waals surface area contributed by atoms with Crippen LogP contribution in [0.4, 0.5) is 0 Å². The summed E-state index contributed by atoms with van der Waals surface area (Å²) in [5.74, 6) is 0.921. The number of nitrogens with zero attached hydrogens (tertiary/aromatic N) is 4. The molecule has 0 aliphatic carbocycles. The minimum atomic E-state index is 0.0834. The molecule has 0 bridgehead atoms. The Labute approximate surface area is 146 Å². The number of pyridine rings is 1. The van der Waals surface area contributed by atoms with Crippen LogP contribution in [0.25, 0.3) is 22.2 Å². The molecule has 2 aromatic heterocycles. The number of hydrogen-bond acceptors (Lipinski definition) is 4. The molecular formula is C20H20N4O. The molecule has 3 aromatic rings. The molecule has 126 valence electrons. The van der Waals surface area contributed by atoms with Gasteiger partial charge in [-0.1, -0.05) is 12.1 Å². The highest BCUT2D eigenvalue weighted by Crippen LogP contribution is 2.26. The Hall–Kier alpha value is -2.53. The zero-order valence-electron chi connectivity index (χ0n) is 14.1. The van der Waals surface area contributed by atoms with Crippen molar-refractivity contribution in [3.05, 3.63) is 58.8 Å². The van der Waals surface area contributed by atoms with Crippen LogP contribution in [0.15, 0.2) is 47.4 Å². The van der Waals surface area contributed by atoms with Crippen LogP contribution in [0.2, 0.25) is 0 Å². The Morgan fingerprint density at radius 1 is 1.12 bits per heavy atom. The lowest BCUT2D eigenvalue weighted by Gasteiger charge is -2.21.